The summed E-state index contributed by atoms with van der Waals surface area (Å²) in [4.78, 5) is 18.4. The number of anilines is 1. The van der Waals surface area contributed by atoms with Gasteiger partial charge >= 0.3 is 0 Å². The lowest BCUT2D eigenvalue weighted by Crippen LogP contribution is -2.48. The van der Waals surface area contributed by atoms with Gasteiger partial charge in [0.2, 0.25) is 5.91 Å². The molecule has 0 radical (unpaired) electrons. The van der Waals surface area contributed by atoms with Crippen LogP contribution >= 0.6 is 23.2 Å². The molecule has 2 rings (SSSR count). The second kappa shape index (κ2) is 6.41. The summed E-state index contributed by atoms with van der Waals surface area (Å²) in [5.41, 5.74) is -0.349. The minimum atomic E-state index is -0.349. The number of carbonyl (C=O) groups excluding carboxylic acids is 1. The summed E-state index contributed by atoms with van der Waals surface area (Å²) in [7, 11) is 0. The molecule has 0 aliphatic carbocycles. The Morgan fingerprint density at radius 3 is 2.48 bits per heavy atom. The van der Waals surface area contributed by atoms with E-state index in [1.165, 1.54) is 0 Å². The maximum absolute atomic E-state index is 12.0. The molecule has 0 aromatic carbocycles. The van der Waals surface area contributed by atoms with Crippen molar-refractivity contribution in [3.63, 3.8) is 0 Å². The molecule has 0 unspecified atom stereocenters. The summed E-state index contributed by atoms with van der Waals surface area (Å²) in [5.74, 6) is 0.866. The molecule has 1 aliphatic heterocycles. The van der Waals surface area contributed by atoms with Gasteiger partial charge in [-0.1, -0.05) is 44.0 Å². The first-order valence-electron chi connectivity index (χ1n) is 7.14. The van der Waals surface area contributed by atoms with E-state index in [2.05, 4.69) is 15.2 Å². The van der Waals surface area contributed by atoms with E-state index in [1.807, 2.05) is 20.8 Å². The third-order valence-electron chi connectivity index (χ3n) is 3.60. The Morgan fingerprint density at radius 1 is 1.33 bits per heavy atom. The molecular weight excluding hydrogens is 309 g/mol. The number of nitrogens with one attached hydrogen (secondary N) is 1. The Labute approximate surface area is 135 Å². The van der Waals surface area contributed by atoms with Gasteiger partial charge in [-0.15, -0.1) is 0 Å². The number of nitrogens with zero attached hydrogens (tertiary/aromatic N) is 2. The minimum absolute atomic E-state index is 0.101. The number of pyridine rings is 1. The lowest BCUT2D eigenvalue weighted by atomic mass is 9.94. The van der Waals surface area contributed by atoms with Crippen molar-refractivity contribution in [2.45, 2.75) is 39.7 Å². The first-order chi connectivity index (χ1) is 9.77. The second-order valence-corrected chi connectivity index (χ2v) is 7.29. The lowest BCUT2D eigenvalue weighted by molar-refractivity contribution is -0.129. The molecule has 1 aromatic rings. The number of rotatable bonds is 2. The van der Waals surface area contributed by atoms with Gasteiger partial charge in [-0.2, -0.15) is 0 Å². The highest BCUT2D eigenvalue weighted by Gasteiger charge is 2.27. The monoisotopic (exact) mass is 329 g/mol. The van der Waals surface area contributed by atoms with E-state index in [9.17, 15) is 4.79 Å². The van der Waals surface area contributed by atoms with E-state index >= 15 is 0 Å². The molecule has 1 saturated heterocycles. The molecule has 6 heteroatoms. The van der Waals surface area contributed by atoms with Crippen LogP contribution in [0.4, 0.5) is 5.82 Å². The Kier molecular flexibility index (Phi) is 4.99. The van der Waals surface area contributed by atoms with Gasteiger partial charge in [-0.05, 0) is 18.9 Å². The highest BCUT2D eigenvalue weighted by molar-refractivity contribution is 6.36. The number of piperidine rings is 1. The van der Waals surface area contributed by atoms with Crippen molar-refractivity contribution in [1.82, 2.24) is 10.3 Å². The van der Waals surface area contributed by atoms with Gasteiger partial charge in [-0.3, -0.25) is 4.79 Å². The van der Waals surface area contributed by atoms with Gasteiger partial charge in [0, 0.05) is 30.7 Å². The minimum Gasteiger partial charge on any atom is -0.355 e. The molecule has 0 bridgehead atoms. The molecule has 116 valence electrons. The lowest BCUT2D eigenvalue weighted by Gasteiger charge is -2.34. The third kappa shape index (κ3) is 4.24. The zero-order chi connectivity index (χ0) is 15.6. The van der Waals surface area contributed by atoms with Gasteiger partial charge in [0.25, 0.3) is 0 Å². The smallest absolute Gasteiger partial charge is 0.225 e. The Hall–Kier alpha value is -1.000. The van der Waals surface area contributed by atoms with E-state index in [4.69, 9.17) is 23.2 Å². The number of halogens is 2. The molecule has 1 fully saturated rings. The van der Waals surface area contributed by atoms with Crippen molar-refractivity contribution in [2.75, 3.05) is 18.0 Å². The maximum Gasteiger partial charge on any atom is 0.225 e. The summed E-state index contributed by atoms with van der Waals surface area (Å²) < 4.78 is 0. The normalized spacial score (nSPS) is 16.9. The van der Waals surface area contributed by atoms with Crippen molar-refractivity contribution in [2.24, 2.45) is 5.41 Å². The zero-order valence-electron chi connectivity index (χ0n) is 12.6. The predicted octanol–water partition coefficient (Wildman–Crippen LogP) is 3.52. The quantitative estimate of drug-likeness (QED) is 0.902. The highest BCUT2D eigenvalue weighted by Crippen LogP contribution is 2.28. The molecule has 21 heavy (non-hydrogen) atoms. The maximum atomic E-state index is 12.0. The average molecular weight is 330 g/mol. The molecule has 1 aromatic heterocycles. The summed E-state index contributed by atoms with van der Waals surface area (Å²) in [6, 6.07) is 1.93. The zero-order valence-corrected chi connectivity index (χ0v) is 14.1. The molecule has 4 nitrogen and oxygen atoms in total. The molecule has 1 aliphatic rings. The summed E-state index contributed by atoms with van der Waals surface area (Å²) in [6.07, 6.45) is 3.39. The third-order valence-corrected chi connectivity index (χ3v) is 4.08. The summed E-state index contributed by atoms with van der Waals surface area (Å²) in [5, 5.41) is 4.22. The van der Waals surface area contributed by atoms with E-state index in [0.717, 1.165) is 31.7 Å². The number of hydrogen-bond acceptors (Lipinski definition) is 3. The second-order valence-electron chi connectivity index (χ2n) is 6.44. The molecule has 0 spiro atoms. The molecule has 1 amide bonds. The first kappa shape index (κ1) is 16.4. The SMILES string of the molecule is CC(C)(C)C(=O)NC1CCN(c2ncc(Cl)cc2Cl)CC1. The first-order valence-corrected chi connectivity index (χ1v) is 7.90. The van der Waals surface area contributed by atoms with Crippen LogP contribution in [0.1, 0.15) is 33.6 Å². The van der Waals surface area contributed by atoms with Crippen LogP contribution < -0.4 is 10.2 Å². The fourth-order valence-corrected chi connectivity index (χ4v) is 2.78. The Bertz CT molecular complexity index is 520. The molecule has 0 saturated carbocycles. The van der Waals surface area contributed by atoms with E-state index in [-0.39, 0.29) is 17.4 Å². The van der Waals surface area contributed by atoms with E-state index < -0.39 is 0 Å². The van der Waals surface area contributed by atoms with Crippen molar-refractivity contribution < 1.29 is 4.79 Å². The average Bonchev–Trinajstić information content (AvgIpc) is 2.39. The van der Waals surface area contributed by atoms with Crippen LogP contribution in [-0.2, 0) is 4.79 Å². The van der Waals surface area contributed by atoms with Gasteiger partial charge < -0.3 is 10.2 Å². The Balaban J connectivity index is 1.93. The number of carbonyl (C=O) groups is 1. The molecular formula is C15H21Cl2N3O. The van der Waals surface area contributed by atoms with Crippen molar-refractivity contribution in [1.29, 1.82) is 0 Å². The molecule has 2 heterocycles. The number of hydrogen-bond donors (Lipinski definition) is 1. The number of aromatic nitrogens is 1. The van der Waals surface area contributed by atoms with Gasteiger partial charge in [-0.25, -0.2) is 4.98 Å². The van der Waals surface area contributed by atoms with Crippen LogP contribution in [0, 0.1) is 5.41 Å². The summed E-state index contributed by atoms with van der Waals surface area (Å²) in [6.45, 7) is 7.42. The van der Waals surface area contributed by atoms with Crippen molar-refractivity contribution in [3.05, 3.63) is 22.3 Å². The van der Waals surface area contributed by atoms with Gasteiger partial charge in [0.15, 0.2) is 0 Å². The predicted molar refractivity (Wildman–Crippen MR) is 87.1 cm³/mol. The van der Waals surface area contributed by atoms with Gasteiger partial charge in [0.05, 0.1) is 10.0 Å². The summed E-state index contributed by atoms with van der Waals surface area (Å²) >= 11 is 12.1. The van der Waals surface area contributed by atoms with Crippen LogP contribution in [-0.4, -0.2) is 30.0 Å². The topological polar surface area (TPSA) is 45.2 Å². The van der Waals surface area contributed by atoms with Crippen molar-refractivity contribution >= 4 is 34.9 Å². The van der Waals surface area contributed by atoms with Crippen LogP contribution in [0.5, 0.6) is 0 Å². The fourth-order valence-electron chi connectivity index (χ4n) is 2.28. The number of amides is 1. The molecule has 1 N–H and O–H groups in total. The Morgan fingerprint density at radius 2 is 1.95 bits per heavy atom. The molecule has 0 atom stereocenters. The van der Waals surface area contributed by atoms with Crippen LogP contribution in [0.3, 0.4) is 0 Å². The highest BCUT2D eigenvalue weighted by atomic mass is 35.5. The van der Waals surface area contributed by atoms with Gasteiger partial charge in [0.1, 0.15) is 5.82 Å². The van der Waals surface area contributed by atoms with Crippen molar-refractivity contribution in [3.8, 4) is 0 Å². The largest absolute Gasteiger partial charge is 0.355 e. The fraction of sp³-hybridized carbons (Fsp3) is 0.600. The van der Waals surface area contributed by atoms with Crippen LogP contribution in [0.2, 0.25) is 10.0 Å². The van der Waals surface area contributed by atoms with E-state index in [1.54, 1.807) is 12.3 Å². The van der Waals surface area contributed by atoms with E-state index in [0.29, 0.717) is 10.0 Å². The van der Waals surface area contributed by atoms with Crippen LogP contribution in [0.15, 0.2) is 12.3 Å². The standard InChI is InChI=1S/C15H21Cl2N3O/c1-15(2,3)14(21)19-11-4-6-20(7-5-11)13-12(17)8-10(16)9-18-13/h8-9,11H,4-7H2,1-3H3,(H,19,21). The van der Waals surface area contributed by atoms with Crippen LogP contribution in [0.25, 0.3) is 0 Å².